The monoisotopic (exact) mass is 298 g/mol. The van der Waals surface area contributed by atoms with Gasteiger partial charge >= 0.3 is 0 Å². The van der Waals surface area contributed by atoms with Crippen molar-refractivity contribution in [3.63, 3.8) is 0 Å². The molecular formula is C17H15ClN2O. The molecule has 0 N–H and O–H groups in total. The fourth-order valence-corrected chi connectivity index (χ4v) is 2.33. The van der Waals surface area contributed by atoms with E-state index in [9.17, 15) is 0 Å². The first kappa shape index (κ1) is 13.8. The summed E-state index contributed by atoms with van der Waals surface area (Å²) in [5, 5.41) is 1.01. The standard InChI is InChI=1S/C17H15ClN2O/c18-12-14-11-17(15-6-1-2-7-16(15)20-14)21-10-8-13-5-3-4-9-19-13/h1-7,9,11H,8,10,12H2. The van der Waals surface area contributed by atoms with E-state index in [-0.39, 0.29) is 0 Å². The van der Waals surface area contributed by atoms with Gasteiger partial charge in [0.2, 0.25) is 0 Å². The molecule has 21 heavy (non-hydrogen) atoms. The van der Waals surface area contributed by atoms with Crippen molar-refractivity contribution in [1.82, 2.24) is 9.97 Å². The molecule has 0 spiro atoms. The number of alkyl halides is 1. The van der Waals surface area contributed by atoms with Crippen LogP contribution < -0.4 is 4.74 Å². The second-order valence-electron chi connectivity index (χ2n) is 4.68. The van der Waals surface area contributed by atoms with Gasteiger partial charge < -0.3 is 4.74 Å². The number of halogens is 1. The quantitative estimate of drug-likeness (QED) is 0.668. The van der Waals surface area contributed by atoms with Crippen molar-refractivity contribution in [2.75, 3.05) is 6.61 Å². The van der Waals surface area contributed by atoms with E-state index in [0.29, 0.717) is 12.5 Å². The highest BCUT2D eigenvalue weighted by Gasteiger charge is 2.06. The lowest BCUT2D eigenvalue weighted by Gasteiger charge is -2.10. The third-order valence-electron chi connectivity index (χ3n) is 3.21. The van der Waals surface area contributed by atoms with Crippen molar-refractivity contribution < 1.29 is 4.74 Å². The molecule has 3 aromatic rings. The molecular weight excluding hydrogens is 284 g/mol. The van der Waals surface area contributed by atoms with Gasteiger partial charge in [-0.25, -0.2) is 0 Å². The van der Waals surface area contributed by atoms with Gasteiger partial charge in [-0.15, -0.1) is 11.6 Å². The highest BCUT2D eigenvalue weighted by Crippen LogP contribution is 2.26. The number of hydrogen-bond acceptors (Lipinski definition) is 3. The third-order valence-corrected chi connectivity index (χ3v) is 3.48. The Morgan fingerprint density at radius 2 is 1.86 bits per heavy atom. The predicted octanol–water partition coefficient (Wildman–Crippen LogP) is 3.99. The van der Waals surface area contributed by atoms with Crippen molar-refractivity contribution in [2.24, 2.45) is 0 Å². The predicted molar refractivity (Wildman–Crippen MR) is 84.7 cm³/mol. The second kappa shape index (κ2) is 6.55. The van der Waals surface area contributed by atoms with Crippen molar-refractivity contribution in [3.05, 3.63) is 66.1 Å². The molecule has 0 amide bonds. The van der Waals surface area contributed by atoms with E-state index >= 15 is 0 Å². The molecule has 2 aromatic heterocycles. The van der Waals surface area contributed by atoms with Crippen LogP contribution in [0.1, 0.15) is 11.4 Å². The van der Waals surface area contributed by atoms with Gasteiger partial charge in [-0.05, 0) is 24.3 Å². The van der Waals surface area contributed by atoms with Gasteiger partial charge in [0.25, 0.3) is 0 Å². The average molecular weight is 299 g/mol. The van der Waals surface area contributed by atoms with Crippen LogP contribution >= 0.6 is 11.6 Å². The number of ether oxygens (including phenoxy) is 1. The molecule has 4 heteroatoms. The summed E-state index contributed by atoms with van der Waals surface area (Å²) in [6.07, 6.45) is 2.57. The Balaban J connectivity index is 1.79. The van der Waals surface area contributed by atoms with E-state index in [2.05, 4.69) is 9.97 Å². The van der Waals surface area contributed by atoms with Crippen LogP contribution in [-0.4, -0.2) is 16.6 Å². The van der Waals surface area contributed by atoms with E-state index in [0.717, 1.165) is 34.5 Å². The van der Waals surface area contributed by atoms with Gasteiger partial charge in [-0.2, -0.15) is 0 Å². The molecule has 0 saturated heterocycles. The summed E-state index contributed by atoms with van der Waals surface area (Å²) in [5.41, 5.74) is 2.75. The molecule has 0 aliphatic rings. The number of aromatic nitrogens is 2. The molecule has 0 aliphatic heterocycles. The molecule has 106 valence electrons. The second-order valence-corrected chi connectivity index (χ2v) is 4.95. The van der Waals surface area contributed by atoms with Crippen molar-refractivity contribution in [2.45, 2.75) is 12.3 Å². The molecule has 2 heterocycles. The summed E-state index contributed by atoms with van der Waals surface area (Å²) in [7, 11) is 0. The molecule has 0 radical (unpaired) electrons. The Hall–Kier alpha value is -2.13. The highest BCUT2D eigenvalue weighted by molar-refractivity contribution is 6.17. The van der Waals surface area contributed by atoms with Crippen LogP contribution in [0.3, 0.4) is 0 Å². The Labute approximate surface area is 128 Å². The number of pyridine rings is 2. The molecule has 0 fully saturated rings. The van der Waals surface area contributed by atoms with Crippen LogP contribution in [0.15, 0.2) is 54.7 Å². The Morgan fingerprint density at radius 3 is 2.67 bits per heavy atom. The average Bonchev–Trinajstić information content (AvgIpc) is 2.55. The van der Waals surface area contributed by atoms with Crippen LogP contribution in [0, 0.1) is 0 Å². The van der Waals surface area contributed by atoms with E-state index in [1.807, 2.05) is 48.5 Å². The molecule has 0 bridgehead atoms. The maximum Gasteiger partial charge on any atom is 0.130 e. The van der Waals surface area contributed by atoms with Crippen LogP contribution in [0.2, 0.25) is 0 Å². The van der Waals surface area contributed by atoms with E-state index in [1.54, 1.807) is 6.20 Å². The van der Waals surface area contributed by atoms with Crippen LogP contribution in [0.5, 0.6) is 5.75 Å². The lowest BCUT2D eigenvalue weighted by Crippen LogP contribution is -2.04. The van der Waals surface area contributed by atoms with Gasteiger partial charge in [0.05, 0.1) is 23.7 Å². The van der Waals surface area contributed by atoms with Crippen molar-refractivity contribution in [1.29, 1.82) is 0 Å². The zero-order valence-corrected chi connectivity index (χ0v) is 12.3. The van der Waals surface area contributed by atoms with Crippen LogP contribution in [0.25, 0.3) is 10.9 Å². The number of para-hydroxylation sites is 1. The summed E-state index contributed by atoms with van der Waals surface area (Å²) < 4.78 is 5.93. The Kier molecular flexibility index (Phi) is 4.31. The minimum atomic E-state index is 0.376. The number of fused-ring (bicyclic) bond motifs is 1. The first-order valence-corrected chi connectivity index (χ1v) is 7.37. The molecule has 1 aromatic carbocycles. The summed E-state index contributed by atoms with van der Waals surface area (Å²) in [6.45, 7) is 0.576. The van der Waals surface area contributed by atoms with Gasteiger partial charge in [0.1, 0.15) is 5.75 Å². The van der Waals surface area contributed by atoms with Gasteiger partial charge in [-0.1, -0.05) is 18.2 Å². The lowest BCUT2D eigenvalue weighted by atomic mass is 10.2. The van der Waals surface area contributed by atoms with E-state index in [4.69, 9.17) is 16.3 Å². The number of nitrogens with zero attached hydrogens (tertiary/aromatic N) is 2. The first-order chi connectivity index (χ1) is 10.4. The zero-order valence-electron chi connectivity index (χ0n) is 11.5. The van der Waals surface area contributed by atoms with Crippen LogP contribution in [-0.2, 0) is 12.3 Å². The van der Waals surface area contributed by atoms with E-state index < -0.39 is 0 Å². The minimum Gasteiger partial charge on any atom is -0.492 e. The van der Waals surface area contributed by atoms with Crippen LogP contribution in [0.4, 0.5) is 0 Å². The largest absolute Gasteiger partial charge is 0.492 e. The normalized spacial score (nSPS) is 10.7. The van der Waals surface area contributed by atoms with Crippen molar-refractivity contribution in [3.8, 4) is 5.75 Å². The van der Waals surface area contributed by atoms with Gasteiger partial charge in [-0.3, -0.25) is 9.97 Å². The summed E-state index contributed by atoms with van der Waals surface area (Å²) in [6, 6.07) is 15.7. The molecule has 0 aliphatic carbocycles. The molecule has 0 atom stereocenters. The number of benzene rings is 1. The van der Waals surface area contributed by atoms with Gasteiger partial charge in [0.15, 0.2) is 0 Å². The number of rotatable bonds is 5. The summed E-state index contributed by atoms with van der Waals surface area (Å²) in [4.78, 5) is 8.79. The summed E-state index contributed by atoms with van der Waals surface area (Å²) in [5.74, 6) is 1.20. The third kappa shape index (κ3) is 3.31. The first-order valence-electron chi connectivity index (χ1n) is 6.84. The minimum absolute atomic E-state index is 0.376. The topological polar surface area (TPSA) is 35.0 Å². The highest BCUT2D eigenvalue weighted by atomic mass is 35.5. The fourth-order valence-electron chi connectivity index (χ4n) is 2.19. The molecule has 0 saturated carbocycles. The van der Waals surface area contributed by atoms with E-state index in [1.165, 1.54) is 0 Å². The maximum atomic E-state index is 5.93. The Morgan fingerprint density at radius 1 is 1.00 bits per heavy atom. The van der Waals surface area contributed by atoms with Gasteiger partial charge in [0, 0.05) is 29.8 Å². The number of hydrogen-bond donors (Lipinski definition) is 0. The Bertz CT molecular complexity index is 731. The van der Waals surface area contributed by atoms with Crippen molar-refractivity contribution >= 4 is 22.5 Å². The fraction of sp³-hybridized carbons (Fsp3) is 0.176. The molecule has 0 unspecified atom stereocenters. The molecule has 3 rings (SSSR count). The summed E-state index contributed by atoms with van der Waals surface area (Å²) >= 11 is 5.90. The smallest absolute Gasteiger partial charge is 0.130 e. The zero-order chi connectivity index (χ0) is 14.5. The lowest BCUT2D eigenvalue weighted by molar-refractivity contribution is 0.324. The SMILES string of the molecule is ClCc1cc(OCCc2ccccn2)c2ccccc2n1. The molecule has 3 nitrogen and oxygen atoms in total. The maximum absolute atomic E-state index is 5.93.